The summed E-state index contributed by atoms with van der Waals surface area (Å²) in [5.41, 5.74) is 1.89. The Hall–Kier alpha value is -2.22. The van der Waals surface area contributed by atoms with Gasteiger partial charge in [0.25, 0.3) is 0 Å². The molecule has 4 rings (SSSR count). The van der Waals surface area contributed by atoms with Gasteiger partial charge in [-0.1, -0.05) is 0 Å². The monoisotopic (exact) mass is 236 g/mol. The Morgan fingerprint density at radius 3 is 1.50 bits per heavy atom. The number of fused-ring (bicyclic) bond motifs is 5. The smallest absolute Gasteiger partial charge is 0.134 e. The predicted molar refractivity (Wildman–Crippen MR) is 73.0 cm³/mol. The van der Waals surface area contributed by atoms with Crippen LogP contribution in [0.5, 0.6) is 0 Å². The molecule has 0 saturated carbocycles. The van der Waals surface area contributed by atoms with Gasteiger partial charge < -0.3 is 8.83 Å². The first-order valence-electron chi connectivity index (χ1n) is 6.04. The van der Waals surface area contributed by atoms with Gasteiger partial charge in [0, 0.05) is 10.8 Å². The zero-order chi connectivity index (χ0) is 12.3. The summed E-state index contributed by atoms with van der Waals surface area (Å²) in [6.45, 7) is 3.96. The first-order valence-corrected chi connectivity index (χ1v) is 6.04. The van der Waals surface area contributed by atoms with Crippen LogP contribution < -0.4 is 0 Å². The second kappa shape index (κ2) is 3.16. The normalized spacial score (nSPS) is 11.9. The lowest BCUT2D eigenvalue weighted by atomic mass is 10.0. The van der Waals surface area contributed by atoms with Gasteiger partial charge in [-0.25, -0.2) is 0 Å². The third-order valence-electron chi connectivity index (χ3n) is 3.44. The fourth-order valence-electron chi connectivity index (χ4n) is 2.70. The lowest BCUT2D eigenvalue weighted by molar-refractivity contribution is 0.578. The lowest BCUT2D eigenvalue weighted by Crippen LogP contribution is -1.74. The summed E-state index contributed by atoms with van der Waals surface area (Å²) < 4.78 is 11.3. The van der Waals surface area contributed by atoms with Crippen molar-refractivity contribution in [2.45, 2.75) is 13.8 Å². The molecule has 0 N–H and O–H groups in total. The highest BCUT2D eigenvalue weighted by atomic mass is 16.3. The number of hydrogen-bond donors (Lipinski definition) is 0. The van der Waals surface area contributed by atoms with Gasteiger partial charge in [-0.05, 0) is 61.0 Å². The van der Waals surface area contributed by atoms with Gasteiger partial charge in [-0.2, -0.15) is 0 Å². The Morgan fingerprint density at radius 2 is 1.06 bits per heavy atom. The van der Waals surface area contributed by atoms with E-state index in [2.05, 4.69) is 24.3 Å². The van der Waals surface area contributed by atoms with E-state index in [1.165, 1.54) is 21.5 Å². The largest absolute Gasteiger partial charge is 0.461 e. The molecule has 0 atom stereocenters. The summed E-state index contributed by atoms with van der Waals surface area (Å²) in [6.07, 6.45) is 0. The van der Waals surface area contributed by atoms with E-state index in [1.54, 1.807) is 0 Å². The van der Waals surface area contributed by atoms with Crippen molar-refractivity contribution >= 4 is 32.7 Å². The average molecular weight is 236 g/mol. The molecule has 0 bridgehead atoms. The van der Waals surface area contributed by atoms with Gasteiger partial charge >= 0.3 is 0 Å². The van der Waals surface area contributed by atoms with Crippen molar-refractivity contribution < 1.29 is 8.83 Å². The molecule has 0 aliphatic rings. The summed E-state index contributed by atoms with van der Waals surface area (Å²) in [7, 11) is 0. The Kier molecular flexibility index (Phi) is 1.72. The quantitative estimate of drug-likeness (QED) is 0.432. The maximum atomic E-state index is 5.67. The molecule has 2 nitrogen and oxygen atoms in total. The molecule has 0 aliphatic heterocycles. The molecule has 2 heterocycles. The van der Waals surface area contributed by atoms with Gasteiger partial charge in [0.2, 0.25) is 0 Å². The van der Waals surface area contributed by atoms with Crippen molar-refractivity contribution in [1.82, 2.24) is 0 Å². The van der Waals surface area contributed by atoms with Crippen LogP contribution in [0.4, 0.5) is 0 Å². The number of hydrogen-bond acceptors (Lipinski definition) is 2. The standard InChI is InChI=1S/C16H12O2/c1-9-7-13-11-4-6-16-14(8-10(2)18-16)12(11)3-5-15(13)17-9/h3-8H,1-2H3. The molecule has 0 fully saturated rings. The van der Waals surface area contributed by atoms with Crippen LogP contribution in [0, 0.1) is 13.8 Å². The maximum absolute atomic E-state index is 5.67. The number of rotatable bonds is 0. The van der Waals surface area contributed by atoms with Crippen LogP contribution in [0.3, 0.4) is 0 Å². The molecular formula is C16H12O2. The Balaban J connectivity index is 2.29. The van der Waals surface area contributed by atoms with Crippen LogP contribution in [0.15, 0.2) is 45.2 Å². The van der Waals surface area contributed by atoms with Crippen LogP contribution in [0.2, 0.25) is 0 Å². The molecule has 0 unspecified atom stereocenters. The average Bonchev–Trinajstić information content (AvgIpc) is 2.89. The molecule has 0 spiro atoms. The minimum absolute atomic E-state index is 0.944. The molecule has 0 aliphatic carbocycles. The van der Waals surface area contributed by atoms with Crippen molar-refractivity contribution in [3.8, 4) is 0 Å². The van der Waals surface area contributed by atoms with Crippen LogP contribution >= 0.6 is 0 Å². The van der Waals surface area contributed by atoms with E-state index in [4.69, 9.17) is 8.83 Å². The Morgan fingerprint density at radius 1 is 0.611 bits per heavy atom. The van der Waals surface area contributed by atoms with E-state index in [9.17, 15) is 0 Å². The molecule has 4 aromatic rings. The van der Waals surface area contributed by atoms with Gasteiger partial charge in [0.15, 0.2) is 0 Å². The number of benzene rings is 2. The first-order chi connectivity index (χ1) is 8.72. The van der Waals surface area contributed by atoms with Crippen molar-refractivity contribution in [2.24, 2.45) is 0 Å². The van der Waals surface area contributed by atoms with E-state index < -0.39 is 0 Å². The Bertz CT molecular complexity index is 818. The molecule has 2 aromatic carbocycles. The topological polar surface area (TPSA) is 26.3 Å². The first kappa shape index (κ1) is 9.77. The highest BCUT2D eigenvalue weighted by Gasteiger charge is 2.09. The summed E-state index contributed by atoms with van der Waals surface area (Å²) >= 11 is 0. The van der Waals surface area contributed by atoms with Gasteiger partial charge in [-0.15, -0.1) is 0 Å². The van der Waals surface area contributed by atoms with Crippen LogP contribution in [0.25, 0.3) is 32.7 Å². The molecule has 18 heavy (non-hydrogen) atoms. The number of furan rings is 2. The SMILES string of the molecule is Cc1cc2c(ccc3c4cc(C)oc4ccc23)o1. The van der Waals surface area contributed by atoms with Crippen molar-refractivity contribution in [3.63, 3.8) is 0 Å². The molecule has 0 saturated heterocycles. The second-order valence-corrected chi connectivity index (χ2v) is 4.76. The van der Waals surface area contributed by atoms with Crippen LogP contribution in [-0.4, -0.2) is 0 Å². The number of aryl methyl sites for hydroxylation is 2. The van der Waals surface area contributed by atoms with Crippen molar-refractivity contribution in [1.29, 1.82) is 0 Å². The molecule has 0 radical (unpaired) electrons. The third kappa shape index (κ3) is 1.17. The Labute approximate surface area is 104 Å². The zero-order valence-electron chi connectivity index (χ0n) is 10.3. The van der Waals surface area contributed by atoms with Crippen molar-refractivity contribution in [3.05, 3.63) is 47.9 Å². The highest BCUT2D eigenvalue weighted by molar-refractivity contribution is 6.15. The van der Waals surface area contributed by atoms with Gasteiger partial charge in [0.1, 0.15) is 22.7 Å². The highest BCUT2D eigenvalue weighted by Crippen LogP contribution is 2.33. The zero-order valence-corrected chi connectivity index (χ0v) is 10.3. The van der Waals surface area contributed by atoms with Gasteiger partial charge in [0.05, 0.1) is 0 Å². The fraction of sp³-hybridized carbons (Fsp3) is 0.125. The minimum Gasteiger partial charge on any atom is -0.461 e. The van der Waals surface area contributed by atoms with Crippen LogP contribution in [0.1, 0.15) is 11.5 Å². The predicted octanol–water partition coefficient (Wildman–Crippen LogP) is 4.95. The van der Waals surface area contributed by atoms with Gasteiger partial charge in [-0.3, -0.25) is 0 Å². The summed E-state index contributed by atoms with van der Waals surface area (Å²) in [5, 5.41) is 4.78. The molecule has 0 amide bonds. The summed E-state index contributed by atoms with van der Waals surface area (Å²) in [6, 6.07) is 12.5. The van der Waals surface area contributed by atoms with E-state index in [1.807, 2.05) is 26.0 Å². The van der Waals surface area contributed by atoms with Crippen molar-refractivity contribution in [2.75, 3.05) is 0 Å². The molecule has 2 aromatic heterocycles. The van der Waals surface area contributed by atoms with Crippen LogP contribution in [-0.2, 0) is 0 Å². The molecular weight excluding hydrogens is 224 g/mol. The lowest BCUT2D eigenvalue weighted by Gasteiger charge is -1.99. The summed E-state index contributed by atoms with van der Waals surface area (Å²) in [5.74, 6) is 1.89. The fourth-order valence-corrected chi connectivity index (χ4v) is 2.70. The maximum Gasteiger partial charge on any atom is 0.134 e. The molecule has 2 heteroatoms. The summed E-state index contributed by atoms with van der Waals surface area (Å²) in [4.78, 5) is 0. The molecule has 88 valence electrons. The minimum atomic E-state index is 0.944. The second-order valence-electron chi connectivity index (χ2n) is 4.76. The third-order valence-corrected chi connectivity index (χ3v) is 3.44. The van der Waals surface area contributed by atoms with E-state index in [0.717, 1.165) is 22.7 Å². The van der Waals surface area contributed by atoms with E-state index >= 15 is 0 Å². The van der Waals surface area contributed by atoms with E-state index in [0.29, 0.717) is 0 Å². The van der Waals surface area contributed by atoms with E-state index in [-0.39, 0.29) is 0 Å².